The molecule has 0 aliphatic carbocycles. The minimum Gasteiger partial charge on any atom is -0.494 e. The van der Waals surface area contributed by atoms with Gasteiger partial charge < -0.3 is 19.3 Å². The Morgan fingerprint density at radius 1 is 1.12 bits per heavy atom. The third-order valence-electron chi connectivity index (χ3n) is 5.79. The van der Waals surface area contributed by atoms with Crippen LogP contribution in [0.4, 0.5) is 14.6 Å². The summed E-state index contributed by atoms with van der Waals surface area (Å²) in [4.78, 5) is 18.0. The zero-order valence-corrected chi connectivity index (χ0v) is 19.5. The van der Waals surface area contributed by atoms with Gasteiger partial charge in [-0.2, -0.15) is 0 Å². The number of hydrogen-bond acceptors (Lipinski definition) is 8. The maximum absolute atomic E-state index is 15.2. The molecule has 170 valence electrons. The smallest absolute Gasteiger partial charge is 0.187 e. The average Bonchev–Trinajstić information content (AvgIpc) is 3.24. The number of hydrogen-bond donors (Lipinski definition) is 0. The van der Waals surface area contributed by atoms with Crippen molar-refractivity contribution in [3.8, 4) is 22.8 Å². The van der Waals surface area contributed by atoms with E-state index in [4.69, 9.17) is 14.5 Å². The topological polar surface area (TPSA) is 63.6 Å². The number of likely N-dealkylation sites (N-methyl/N-ethyl adjacent to an activating group) is 2. The van der Waals surface area contributed by atoms with Crippen molar-refractivity contribution in [3.63, 3.8) is 0 Å². The first-order chi connectivity index (χ1) is 15.4. The molecule has 0 bridgehead atoms. The summed E-state index contributed by atoms with van der Waals surface area (Å²) in [6, 6.07) is 2.98. The largest absolute Gasteiger partial charge is 0.494 e. The molecule has 1 fully saturated rings. The van der Waals surface area contributed by atoms with Gasteiger partial charge in [0.25, 0.3) is 0 Å². The number of pyridine rings is 1. The highest BCUT2D eigenvalue weighted by atomic mass is 32.2. The first-order valence-electron chi connectivity index (χ1n) is 10.1. The van der Waals surface area contributed by atoms with Crippen LogP contribution in [-0.2, 0) is 0 Å². The number of methoxy groups -OCH3 is 2. The molecule has 7 nitrogen and oxygen atoms in total. The van der Waals surface area contributed by atoms with Crippen molar-refractivity contribution in [1.82, 2.24) is 19.9 Å². The van der Waals surface area contributed by atoms with E-state index >= 15 is 8.78 Å². The van der Waals surface area contributed by atoms with E-state index in [1.165, 1.54) is 32.0 Å². The highest BCUT2D eigenvalue weighted by Crippen LogP contribution is 2.39. The van der Waals surface area contributed by atoms with Gasteiger partial charge in [-0.3, -0.25) is 0 Å². The Kier molecular flexibility index (Phi) is 6.34. The van der Waals surface area contributed by atoms with Crippen LogP contribution in [0.25, 0.3) is 22.2 Å². The Bertz CT molecular complexity index is 1130. The molecule has 0 radical (unpaired) electrons. The fourth-order valence-electron chi connectivity index (χ4n) is 3.99. The molecular formula is C22H25F2N5O2S. The van der Waals surface area contributed by atoms with Gasteiger partial charge in [0.1, 0.15) is 5.52 Å². The Morgan fingerprint density at radius 3 is 2.38 bits per heavy atom. The molecule has 1 aliphatic heterocycles. The molecule has 1 aromatic carbocycles. The van der Waals surface area contributed by atoms with Crippen LogP contribution in [0.3, 0.4) is 0 Å². The number of ether oxygens (including phenoxy) is 2. The predicted octanol–water partition coefficient (Wildman–Crippen LogP) is 3.85. The van der Waals surface area contributed by atoms with Crippen molar-refractivity contribution >= 4 is 28.5 Å². The fraction of sp³-hybridized carbons (Fsp3) is 0.409. The normalized spacial score (nSPS) is 16.5. The maximum Gasteiger partial charge on any atom is 0.187 e. The number of aromatic nitrogens is 3. The Hall–Kier alpha value is -2.72. The molecule has 10 heteroatoms. The second kappa shape index (κ2) is 9.03. The maximum atomic E-state index is 15.2. The average molecular weight is 462 g/mol. The highest BCUT2D eigenvalue weighted by Gasteiger charge is 2.28. The van der Waals surface area contributed by atoms with E-state index in [1.807, 2.05) is 18.2 Å². The Morgan fingerprint density at radius 2 is 1.81 bits per heavy atom. The van der Waals surface area contributed by atoms with Gasteiger partial charge in [0.05, 0.1) is 25.5 Å². The molecule has 3 aromatic rings. The summed E-state index contributed by atoms with van der Waals surface area (Å²) >= 11 is 1.42. The van der Waals surface area contributed by atoms with E-state index in [1.54, 1.807) is 12.3 Å². The molecule has 4 rings (SSSR count). The molecule has 0 N–H and O–H groups in total. The molecule has 1 atom stereocenters. The van der Waals surface area contributed by atoms with E-state index in [0.717, 1.165) is 19.5 Å². The van der Waals surface area contributed by atoms with E-state index < -0.39 is 11.6 Å². The number of likely N-dealkylation sites (tertiary alicyclic amines) is 1. The number of rotatable bonds is 6. The molecule has 0 saturated carbocycles. The molecule has 1 saturated heterocycles. The van der Waals surface area contributed by atoms with E-state index in [0.29, 0.717) is 21.9 Å². The number of benzene rings is 1. The minimum absolute atomic E-state index is 0.124. The molecule has 1 aliphatic rings. The molecule has 32 heavy (non-hydrogen) atoms. The molecule has 1 unspecified atom stereocenters. The fourth-order valence-corrected chi connectivity index (χ4v) is 4.33. The molecule has 0 amide bonds. The summed E-state index contributed by atoms with van der Waals surface area (Å²) in [5.41, 5.74) is 0.453. The van der Waals surface area contributed by atoms with Crippen LogP contribution < -0.4 is 14.4 Å². The summed E-state index contributed by atoms with van der Waals surface area (Å²) in [7, 11) is 6.65. The van der Waals surface area contributed by atoms with Gasteiger partial charge in [-0.15, -0.1) is 0 Å². The van der Waals surface area contributed by atoms with Gasteiger partial charge in [0, 0.05) is 37.3 Å². The third-order valence-corrected chi connectivity index (χ3v) is 6.35. The van der Waals surface area contributed by atoms with E-state index in [2.05, 4.69) is 21.9 Å². The standard InChI is InChI=1S/C22H25F2N5O2S/c1-28-7-6-13(11-28)29(2)21-20-12(10-25-22(27-20)32-5)8-14(26-21)17-18(23)15(30-3)9-16(31-4)19(17)24/h8-10,13H,6-7,11H2,1-5H3. The molecular weight excluding hydrogens is 436 g/mol. The third kappa shape index (κ3) is 3.93. The lowest BCUT2D eigenvalue weighted by Crippen LogP contribution is -2.34. The second-order valence-corrected chi connectivity index (χ2v) is 8.50. The monoisotopic (exact) mass is 461 g/mol. The Labute approximate surface area is 189 Å². The van der Waals surface area contributed by atoms with Crippen LogP contribution in [0.2, 0.25) is 0 Å². The summed E-state index contributed by atoms with van der Waals surface area (Å²) in [5, 5.41) is 1.24. The molecule has 3 heterocycles. The first kappa shape index (κ1) is 22.5. The van der Waals surface area contributed by atoms with Crippen LogP contribution in [0, 0.1) is 11.6 Å². The SMILES string of the molecule is COc1cc(OC)c(F)c(-c2cc3cnc(SC)nc3c(N(C)C3CCN(C)C3)n2)c1F. The van der Waals surface area contributed by atoms with Gasteiger partial charge >= 0.3 is 0 Å². The molecule has 2 aromatic heterocycles. The van der Waals surface area contributed by atoms with Crippen LogP contribution in [-0.4, -0.2) is 73.6 Å². The zero-order valence-electron chi connectivity index (χ0n) is 18.6. The van der Waals surface area contributed by atoms with E-state index in [9.17, 15) is 0 Å². The van der Waals surface area contributed by atoms with Crippen LogP contribution in [0.5, 0.6) is 11.5 Å². The van der Waals surface area contributed by atoms with Gasteiger partial charge in [-0.05, 0) is 32.3 Å². The first-order valence-corrected chi connectivity index (χ1v) is 11.3. The van der Waals surface area contributed by atoms with Crippen molar-refractivity contribution in [3.05, 3.63) is 30.0 Å². The van der Waals surface area contributed by atoms with E-state index in [-0.39, 0.29) is 28.8 Å². The van der Waals surface area contributed by atoms with Gasteiger partial charge in [0.15, 0.2) is 34.1 Å². The van der Waals surface area contributed by atoms with Gasteiger partial charge in [-0.25, -0.2) is 23.7 Å². The lowest BCUT2D eigenvalue weighted by atomic mass is 10.1. The number of thioether (sulfide) groups is 1. The number of nitrogens with zero attached hydrogens (tertiary/aromatic N) is 5. The van der Waals surface area contributed by atoms with Crippen molar-refractivity contribution in [1.29, 1.82) is 0 Å². The van der Waals surface area contributed by atoms with Crippen LogP contribution in [0.15, 0.2) is 23.5 Å². The van der Waals surface area contributed by atoms with Crippen LogP contribution >= 0.6 is 11.8 Å². The van der Waals surface area contributed by atoms with Crippen molar-refractivity contribution in [2.45, 2.75) is 17.6 Å². The minimum atomic E-state index is -0.839. The van der Waals surface area contributed by atoms with Gasteiger partial charge in [0.2, 0.25) is 0 Å². The quantitative estimate of drug-likeness (QED) is 0.405. The lowest BCUT2D eigenvalue weighted by molar-refractivity contribution is 0.359. The number of halogens is 2. The van der Waals surface area contributed by atoms with Crippen molar-refractivity contribution < 1.29 is 18.3 Å². The summed E-state index contributed by atoms with van der Waals surface area (Å²) in [6.45, 7) is 1.83. The van der Waals surface area contributed by atoms with Gasteiger partial charge in [-0.1, -0.05) is 11.8 Å². The summed E-state index contributed by atoms with van der Waals surface area (Å²) in [6.07, 6.45) is 4.51. The van der Waals surface area contributed by atoms with Crippen molar-refractivity contribution in [2.24, 2.45) is 0 Å². The Balaban J connectivity index is 1.96. The summed E-state index contributed by atoms with van der Waals surface area (Å²) < 4.78 is 40.6. The lowest BCUT2D eigenvalue weighted by Gasteiger charge is -2.27. The molecule has 0 spiro atoms. The van der Waals surface area contributed by atoms with Crippen LogP contribution in [0.1, 0.15) is 6.42 Å². The highest BCUT2D eigenvalue weighted by molar-refractivity contribution is 7.98. The second-order valence-electron chi connectivity index (χ2n) is 7.73. The predicted molar refractivity (Wildman–Crippen MR) is 122 cm³/mol. The number of fused-ring (bicyclic) bond motifs is 1. The van der Waals surface area contributed by atoms with Crippen molar-refractivity contribution in [2.75, 3.05) is 52.6 Å². The zero-order chi connectivity index (χ0) is 23.0. The number of anilines is 1. The summed E-state index contributed by atoms with van der Waals surface area (Å²) in [5.74, 6) is -1.37.